The lowest BCUT2D eigenvalue weighted by molar-refractivity contribution is 1.02. The van der Waals surface area contributed by atoms with Crippen LogP contribution in [-0.2, 0) is 0 Å². The largest absolute Gasteiger partial charge is 0.244 e. The smallest absolute Gasteiger partial charge is 0.101 e. The lowest BCUT2D eigenvalue weighted by atomic mass is 10.0. The summed E-state index contributed by atoms with van der Waals surface area (Å²) in [4.78, 5) is 5.07. The number of nitrogens with zero attached hydrogens (tertiary/aromatic N) is 3. The maximum absolute atomic E-state index is 5.07. The minimum Gasteiger partial charge on any atom is -0.244 e. The molecule has 0 spiro atoms. The molecule has 0 saturated carbocycles. The maximum atomic E-state index is 5.07. The Morgan fingerprint density at radius 2 is 1.24 bits per heavy atom. The monoisotopic (exact) mass is 371 g/mol. The first kappa shape index (κ1) is 16.0. The van der Waals surface area contributed by atoms with Gasteiger partial charge in [-0.15, -0.1) is 0 Å². The van der Waals surface area contributed by atoms with Gasteiger partial charge in [0.05, 0.1) is 22.2 Å². The Morgan fingerprint density at radius 3 is 2.14 bits per heavy atom. The second kappa shape index (κ2) is 6.28. The van der Waals surface area contributed by atoms with E-state index in [1.54, 1.807) is 0 Å². The summed E-state index contributed by atoms with van der Waals surface area (Å²) < 4.78 is 2.04. The summed E-state index contributed by atoms with van der Waals surface area (Å²) in [5.74, 6) is 0. The Morgan fingerprint density at radius 1 is 0.552 bits per heavy atom. The van der Waals surface area contributed by atoms with Gasteiger partial charge in [0.2, 0.25) is 0 Å². The van der Waals surface area contributed by atoms with Crippen LogP contribution in [0.3, 0.4) is 0 Å². The van der Waals surface area contributed by atoms with E-state index in [1.165, 1.54) is 11.1 Å². The van der Waals surface area contributed by atoms with E-state index < -0.39 is 0 Å². The third kappa shape index (κ3) is 2.52. The molecule has 4 aromatic carbocycles. The maximum Gasteiger partial charge on any atom is 0.101 e. The Balaban J connectivity index is 1.71. The summed E-state index contributed by atoms with van der Waals surface area (Å²) in [5, 5.41) is 6.00. The van der Waals surface area contributed by atoms with Crippen LogP contribution in [0.1, 0.15) is 0 Å². The molecule has 0 aliphatic rings. The van der Waals surface area contributed by atoms with Gasteiger partial charge in [0.1, 0.15) is 5.52 Å². The highest BCUT2D eigenvalue weighted by molar-refractivity contribution is 6.04. The first-order chi connectivity index (χ1) is 14.4. The lowest BCUT2D eigenvalue weighted by Crippen LogP contribution is -1.96. The third-order valence-corrected chi connectivity index (χ3v) is 5.39. The van der Waals surface area contributed by atoms with Crippen LogP contribution in [0.2, 0.25) is 0 Å². The average molecular weight is 371 g/mol. The van der Waals surface area contributed by atoms with Gasteiger partial charge in [-0.1, -0.05) is 78.9 Å². The highest BCUT2D eigenvalue weighted by Gasteiger charge is 2.16. The van der Waals surface area contributed by atoms with Crippen LogP contribution < -0.4 is 0 Å². The van der Waals surface area contributed by atoms with Gasteiger partial charge in [-0.2, -0.15) is 5.10 Å². The van der Waals surface area contributed by atoms with E-state index in [1.807, 2.05) is 34.8 Å². The van der Waals surface area contributed by atoms with Crippen LogP contribution in [0.4, 0.5) is 0 Å². The first-order valence-electron chi connectivity index (χ1n) is 9.70. The van der Waals surface area contributed by atoms with E-state index in [0.717, 1.165) is 38.7 Å². The van der Waals surface area contributed by atoms with Gasteiger partial charge >= 0.3 is 0 Å². The van der Waals surface area contributed by atoms with Crippen molar-refractivity contribution in [2.24, 2.45) is 0 Å². The van der Waals surface area contributed by atoms with E-state index in [9.17, 15) is 0 Å². The van der Waals surface area contributed by atoms with Gasteiger partial charge in [-0.3, -0.25) is 0 Å². The quantitative estimate of drug-likeness (QED) is 0.354. The number of benzene rings is 4. The van der Waals surface area contributed by atoms with Crippen molar-refractivity contribution in [3.63, 3.8) is 0 Å². The second-order valence-electron chi connectivity index (χ2n) is 7.17. The van der Waals surface area contributed by atoms with Gasteiger partial charge in [0, 0.05) is 10.9 Å². The van der Waals surface area contributed by atoms with Crippen molar-refractivity contribution in [2.75, 3.05) is 0 Å². The van der Waals surface area contributed by atoms with Crippen molar-refractivity contribution < 1.29 is 0 Å². The van der Waals surface area contributed by atoms with Crippen molar-refractivity contribution in [2.45, 2.75) is 0 Å². The number of hydrogen-bond acceptors (Lipinski definition) is 2. The molecule has 3 heteroatoms. The third-order valence-electron chi connectivity index (χ3n) is 5.39. The molecule has 0 aliphatic carbocycles. The zero-order chi connectivity index (χ0) is 19.2. The fraction of sp³-hybridized carbons (Fsp3) is 0. The van der Waals surface area contributed by atoms with E-state index >= 15 is 0 Å². The topological polar surface area (TPSA) is 30.2 Å². The highest BCUT2D eigenvalue weighted by Crippen LogP contribution is 2.33. The number of para-hydroxylation sites is 2. The van der Waals surface area contributed by atoms with Crippen LogP contribution in [0.15, 0.2) is 103 Å². The summed E-state index contributed by atoms with van der Waals surface area (Å²) in [6.45, 7) is 0. The molecule has 2 heterocycles. The molecule has 136 valence electrons. The van der Waals surface area contributed by atoms with Gasteiger partial charge in [-0.25, -0.2) is 9.50 Å². The minimum atomic E-state index is 0.938. The summed E-state index contributed by atoms with van der Waals surface area (Å²) >= 11 is 0. The SMILES string of the molecule is c1ccc(-c2cccc(-c3nc4ccccc4n4nc5ccccc5c34)c2)cc1. The Kier molecular flexibility index (Phi) is 3.47. The molecule has 29 heavy (non-hydrogen) atoms. The predicted molar refractivity (Wildman–Crippen MR) is 119 cm³/mol. The lowest BCUT2D eigenvalue weighted by Gasteiger charge is -2.10. The molecule has 0 aliphatic heterocycles. The summed E-state index contributed by atoms with van der Waals surface area (Å²) in [6.07, 6.45) is 0. The van der Waals surface area contributed by atoms with Crippen LogP contribution in [0, 0.1) is 0 Å². The molecule has 0 atom stereocenters. The van der Waals surface area contributed by atoms with Gasteiger partial charge < -0.3 is 0 Å². The molecule has 0 saturated heterocycles. The Hall–Kier alpha value is -3.98. The predicted octanol–water partition coefficient (Wildman–Crippen LogP) is 6.37. The molecule has 0 radical (unpaired) electrons. The Bertz CT molecular complexity index is 1500. The van der Waals surface area contributed by atoms with Gasteiger partial charge in [0.15, 0.2) is 0 Å². The number of hydrogen-bond donors (Lipinski definition) is 0. The molecule has 6 aromatic rings. The van der Waals surface area contributed by atoms with Crippen molar-refractivity contribution in [1.29, 1.82) is 0 Å². The average Bonchev–Trinajstić information content (AvgIpc) is 3.19. The molecular weight excluding hydrogens is 354 g/mol. The fourth-order valence-electron chi connectivity index (χ4n) is 4.02. The molecule has 0 fully saturated rings. The first-order valence-corrected chi connectivity index (χ1v) is 9.70. The Labute approximate surface area is 167 Å². The van der Waals surface area contributed by atoms with Crippen molar-refractivity contribution in [3.8, 4) is 22.4 Å². The van der Waals surface area contributed by atoms with Gasteiger partial charge in [0.25, 0.3) is 0 Å². The van der Waals surface area contributed by atoms with Crippen molar-refractivity contribution in [3.05, 3.63) is 103 Å². The number of rotatable bonds is 2. The van der Waals surface area contributed by atoms with Gasteiger partial charge in [-0.05, 0) is 35.4 Å². The second-order valence-corrected chi connectivity index (χ2v) is 7.17. The molecular formula is C26H17N3. The zero-order valence-corrected chi connectivity index (χ0v) is 15.7. The summed E-state index contributed by atoms with van der Waals surface area (Å²) in [7, 11) is 0. The van der Waals surface area contributed by atoms with Crippen LogP contribution in [-0.4, -0.2) is 14.6 Å². The minimum absolute atomic E-state index is 0.938. The molecule has 0 bridgehead atoms. The van der Waals surface area contributed by atoms with E-state index in [-0.39, 0.29) is 0 Å². The molecule has 3 nitrogen and oxygen atoms in total. The molecule has 2 aromatic heterocycles. The van der Waals surface area contributed by atoms with E-state index in [4.69, 9.17) is 10.1 Å². The van der Waals surface area contributed by atoms with Crippen LogP contribution in [0.5, 0.6) is 0 Å². The molecule has 0 amide bonds. The van der Waals surface area contributed by atoms with Crippen molar-refractivity contribution >= 4 is 27.5 Å². The van der Waals surface area contributed by atoms with E-state index in [2.05, 4.69) is 72.8 Å². The summed E-state index contributed by atoms with van der Waals surface area (Å²) in [5.41, 5.74) is 8.40. The van der Waals surface area contributed by atoms with Crippen LogP contribution >= 0.6 is 0 Å². The highest BCUT2D eigenvalue weighted by atomic mass is 15.2. The molecule has 0 unspecified atom stereocenters. The van der Waals surface area contributed by atoms with Crippen LogP contribution in [0.25, 0.3) is 49.8 Å². The zero-order valence-electron chi connectivity index (χ0n) is 15.7. The van der Waals surface area contributed by atoms with Crippen molar-refractivity contribution in [1.82, 2.24) is 14.6 Å². The van der Waals surface area contributed by atoms with E-state index in [0.29, 0.717) is 0 Å². The molecule has 6 rings (SSSR count). The number of aromatic nitrogens is 3. The fourth-order valence-corrected chi connectivity index (χ4v) is 4.02. The summed E-state index contributed by atoms with van der Waals surface area (Å²) in [6, 6.07) is 35.5. The molecule has 0 N–H and O–H groups in total. The normalized spacial score (nSPS) is 11.4. The standard InChI is InChI=1S/C26H17N3/c1-2-9-18(10-3-1)19-11-8-12-20(17-19)25-26-21-13-4-5-14-22(21)28-29(26)24-16-7-6-15-23(24)27-25/h1-17H. The number of fused-ring (bicyclic) bond motifs is 5.